The van der Waals surface area contributed by atoms with Crippen LogP contribution in [0.4, 0.5) is 5.95 Å². The number of thiazole rings is 1. The molecule has 0 fully saturated rings. The molecule has 7 heteroatoms. The number of nitrogen functional groups attached to an aromatic ring is 1. The molecule has 0 spiro atoms. The lowest BCUT2D eigenvalue weighted by Crippen LogP contribution is -1.95. The van der Waals surface area contributed by atoms with Crippen LogP contribution in [0.5, 0.6) is 0 Å². The average Bonchev–Trinajstić information content (AvgIpc) is 2.86. The van der Waals surface area contributed by atoms with Gasteiger partial charge in [-0.15, -0.1) is 22.7 Å². The average molecular weight is 280 g/mol. The number of anilines is 1. The molecule has 0 saturated carbocycles. The minimum absolute atomic E-state index is 0.318. The van der Waals surface area contributed by atoms with Gasteiger partial charge in [0.2, 0.25) is 5.95 Å². The molecule has 0 aliphatic carbocycles. The Morgan fingerprint density at radius 2 is 2.24 bits per heavy atom. The van der Waals surface area contributed by atoms with E-state index in [0.717, 1.165) is 19.6 Å². The molecule has 0 unspecified atom stereocenters. The van der Waals surface area contributed by atoms with Gasteiger partial charge in [0.05, 0.1) is 0 Å². The molecule has 0 saturated heterocycles. The van der Waals surface area contributed by atoms with Crippen LogP contribution in [0.2, 0.25) is 0 Å². The predicted octanol–water partition coefficient (Wildman–Crippen LogP) is 3.19. The summed E-state index contributed by atoms with van der Waals surface area (Å²) in [5, 5.41) is 3.89. The van der Waals surface area contributed by atoms with Crippen molar-refractivity contribution in [3.63, 3.8) is 0 Å². The van der Waals surface area contributed by atoms with E-state index in [4.69, 9.17) is 5.73 Å². The third kappa shape index (κ3) is 2.13. The summed E-state index contributed by atoms with van der Waals surface area (Å²) in [5.41, 5.74) is 5.72. The van der Waals surface area contributed by atoms with Crippen LogP contribution in [-0.4, -0.2) is 15.0 Å². The van der Waals surface area contributed by atoms with E-state index < -0.39 is 0 Å². The van der Waals surface area contributed by atoms with Gasteiger partial charge in [-0.25, -0.2) is 15.0 Å². The highest BCUT2D eigenvalue weighted by Gasteiger charge is 2.11. The quantitative estimate of drug-likeness (QED) is 0.730. The molecule has 3 rings (SSSR count). The summed E-state index contributed by atoms with van der Waals surface area (Å²) in [6.45, 7) is 2.06. The third-order valence-corrected chi connectivity index (χ3v) is 4.92. The molecule has 2 N–H and O–H groups in total. The Labute approximate surface area is 110 Å². The van der Waals surface area contributed by atoms with Crippen molar-refractivity contribution in [3.8, 4) is 0 Å². The van der Waals surface area contributed by atoms with Gasteiger partial charge in [-0.3, -0.25) is 0 Å². The summed E-state index contributed by atoms with van der Waals surface area (Å²) in [6, 6.07) is 2.09. The van der Waals surface area contributed by atoms with Gasteiger partial charge in [-0.2, -0.15) is 0 Å². The lowest BCUT2D eigenvalue weighted by atomic mass is 10.4. The zero-order chi connectivity index (χ0) is 11.8. The first kappa shape index (κ1) is 10.9. The molecule has 17 heavy (non-hydrogen) atoms. The number of nitrogens with two attached hydrogens (primary N) is 1. The van der Waals surface area contributed by atoms with Crippen molar-refractivity contribution >= 4 is 50.6 Å². The first-order valence-corrected chi connectivity index (χ1v) is 7.34. The maximum absolute atomic E-state index is 5.72. The number of hydrogen-bond donors (Lipinski definition) is 1. The van der Waals surface area contributed by atoms with Crippen molar-refractivity contribution in [1.82, 2.24) is 15.0 Å². The highest BCUT2D eigenvalue weighted by molar-refractivity contribution is 8.01. The van der Waals surface area contributed by atoms with Crippen molar-refractivity contribution in [2.75, 3.05) is 5.73 Å². The van der Waals surface area contributed by atoms with Gasteiger partial charge in [0, 0.05) is 21.8 Å². The summed E-state index contributed by atoms with van der Waals surface area (Å²) < 4.78 is 0.966. The van der Waals surface area contributed by atoms with E-state index in [1.165, 1.54) is 16.6 Å². The molecule has 0 aromatic carbocycles. The largest absolute Gasteiger partial charge is 0.368 e. The van der Waals surface area contributed by atoms with Gasteiger partial charge in [0.1, 0.15) is 9.86 Å². The molecule has 0 atom stereocenters. The van der Waals surface area contributed by atoms with Crippen LogP contribution in [0.25, 0.3) is 10.2 Å². The SMILES string of the molecule is Cc1cc2c(Sc3nccs3)nc(N)nc2s1. The van der Waals surface area contributed by atoms with E-state index >= 15 is 0 Å². The molecular formula is C10H8N4S3. The van der Waals surface area contributed by atoms with Crippen LogP contribution in [0.15, 0.2) is 27.0 Å². The highest BCUT2D eigenvalue weighted by atomic mass is 32.2. The Bertz CT molecular complexity index is 660. The van der Waals surface area contributed by atoms with Crippen molar-refractivity contribution in [2.24, 2.45) is 0 Å². The first-order chi connectivity index (χ1) is 8.22. The Kier molecular flexibility index (Phi) is 2.73. The molecule has 0 aliphatic rings. The normalized spacial score (nSPS) is 11.1. The second-order valence-electron chi connectivity index (χ2n) is 3.36. The Balaban J connectivity index is 2.14. The second kappa shape index (κ2) is 4.25. The van der Waals surface area contributed by atoms with Crippen LogP contribution < -0.4 is 5.73 Å². The van der Waals surface area contributed by atoms with Gasteiger partial charge in [-0.05, 0) is 24.8 Å². The molecule has 3 aromatic rings. The molecular weight excluding hydrogens is 272 g/mol. The number of hydrogen-bond acceptors (Lipinski definition) is 7. The van der Waals surface area contributed by atoms with Gasteiger partial charge in [-0.1, -0.05) is 0 Å². The van der Waals surface area contributed by atoms with Crippen molar-refractivity contribution in [1.29, 1.82) is 0 Å². The van der Waals surface area contributed by atoms with Crippen LogP contribution in [0, 0.1) is 6.92 Å². The van der Waals surface area contributed by atoms with Crippen LogP contribution in [0.1, 0.15) is 4.88 Å². The maximum atomic E-state index is 5.72. The number of fused-ring (bicyclic) bond motifs is 1. The van der Waals surface area contributed by atoms with Crippen LogP contribution in [-0.2, 0) is 0 Å². The molecule has 0 amide bonds. The van der Waals surface area contributed by atoms with Gasteiger partial charge in [0.25, 0.3) is 0 Å². The van der Waals surface area contributed by atoms with E-state index in [0.29, 0.717) is 5.95 Å². The van der Waals surface area contributed by atoms with E-state index in [-0.39, 0.29) is 0 Å². The molecule has 86 valence electrons. The molecule has 0 bridgehead atoms. The number of thiophene rings is 1. The zero-order valence-electron chi connectivity index (χ0n) is 8.88. The topological polar surface area (TPSA) is 64.7 Å². The summed E-state index contributed by atoms with van der Waals surface area (Å²) >= 11 is 4.76. The molecule has 0 radical (unpaired) electrons. The predicted molar refractivity (Wildman–Crippen MR) is 72.8 cm³/mol. The van der Waals surface area contributed by atoms with Crippen LogP contribution >= 0.6 is 34.4 Å². The van der Waals surface area contributed by atoms with Crippen molar-refractivity contribution in [2.45, 2.75) is 16.3 Å². The molecule has 4 nitrogen and oxygen atoms in total. The fraction of sp³-hybridized carbons (Fsp3) is 0.100. The molecule has 3 heterocycles. The summed E-state index contributed by atoms with van der Waals surface area (Å²) in [4.78, 5) is 14.9. The van der Waals surface area contributed by atoms with Gasteiger partial charge < -0.3 is 5.73 Å². The minimum atomic E-state index is 0.318. The number of aromatic nitrogens is 3. The van der Waals surface area contributed by atoms with Gasteiger partial charge in [0.15, 0.2) is 4.34 Å². The number of rotatable bonds is 2. The third-order valence-electron chi connectivity index (χ3n) is 2.09. The van der Waals surface area contributed by atoms with E-state index in [1.807, 2.05) is 5.38 Å². The smallest absolute Gasteiger partial charge is 0.222 e. The standard InChI is InChI=1S/C10H8N4S3/c1-5-4-6-7(16-5)13-9(11)14-8(6)17-10-12-2-3-15-10/h2-4H,1H3,(H2,11,13,14). The Hall–Kier alpha value is -1.18. The van der Waals surface area contributed by atoms with E-state index in [9.17, 15) is 0 Å². The maximum Gasteiger partial charge on any atom is 0.222 e. The lowest BCUT2D eigenvalue weighted by Gasteiger charge is -2.00. The first-order valence-electron chi connectivity index (χ1n) is 4.83. The Morgan fingerprint density at radius 1 is 1.35 bits per heavy atom. The van der Waals surface area contributed by atoms with Crippen molar-refractivity contribution in [3.05, 3.63) is 22.5 Å². The lowest BCUT2D eigenvalue weighted by molar-refractivity contribution is 1.12. The van der Waals surface area contributed by atoms with Crippen LogP contribution in [0.3, 0.4) is 0 Å². The summed E-state index contributed by atoms with van der Waals surface area (Å²) in [5.74, 6) is 0.318. The zero-order valence-corrected chi connectivity index (χ0v) is 11.3. The molecule has 0 aliphatic heterocycles. The van der Waals surface area contributed by atoms with Gasteiger partial charge >= 0.3 is 0 Å². The number of aryl methyl sites for hydroxylation is 1. The molecule has 3 aromatic heterocycles. The monoisotopic (exact) mass is 280 g/mol. The fourth-order valence-electron chi connectivity index (χ4n) is 1.45. The highest BCUT2D eigenvalue weighted by Crippen LogP contribution is 2.35. The fourth-order valence-corrected chi connectivity index (χ4v) is 4.04. The minimum Gasteiger partial charge on any atom is -0.368 e. The van der Waals surface area contributed by atoms with E-state index in [2.05, 4.69) is 27.9 Å². The van der Waals surface area contributed by atoms with E-state index in [1.54, 1.807) is 28.9 Å². The summed E-state index contributed by atoms with van der Waals surface area (Å²) in [7, 11) is 0. The second-order valence-corrected chi connectivity index (χ2v) is 6.73. The van der Waals surface area contributed by atoms with Crippen molar-refractivity contribution < 1.29 is 0 Å². The number of nitrogens with zero attached hydrogens (tertiary/aromatic N) is 3. The Morgan fingerprint density at radius 3 is 3.00 bits per heavy atom. The summed E-state index contributed by atoms with van der Waals surface area (Å²) in [6.07, 6.45) is 1.79.